The minimum atomic E-state index is 0.446. The van der Waals surface area contributed by atoms with Gasteiger partial charge in [-0.05, 0) is 37.7 Å². The van der Waals surface area contributed by atoms with E-state index in [4.69, 9.17) is 16.5 Å². The third-order valence-corrected chi connectivity index (χ3v) is 4.26. The van der Waals surface area contributed by atoms with Gasteiger partial charge in [0, 0.05) is 50.3 Å². The highest BCUT2D eigenvalue weighted by Crippen LogP contribution is 2.24. The molecule has 6 heteroatoms. The average molecular weight is 300 g/mol. The van der Waals surface area contributed by atoms with Crippen molar-refractivity contribution in [3.63, 3.8) is 0 Å². The van der Waals surface area contributed by atoms with Crippen LogP contribution in [0.5, 0.6) is 0 Å². The molecule has 0 aliphatic carbocycles. The first kappa shape index (κ1) is 14.9. The van der Waals surface area contributed by atoms with Gasteiger partial charge in [-0.3, -0.25) is 4.57 Å². The van der Waals surface area contributed by atoms with Gasteiger partial charge in [-0.2, -0.15) is 0 Å². The highest BCUT2D eigenvalue weighted by atomic mass is 15.3. The van der Waals surface area contributed by atoms with Crippen molar-refractivity contribution in [1.82, 2.24) is 14.5 Å². The molecule has 2 heterocycles. The van der Waals surface area contributed by atoms with Gasteiger partial charge < -0.3 is 21.3 Å². The SMILES string of the molecule is Cc1cc(-n2cc(CN)nc2N2CCN(C)CC2)ccc1N. The van der Waals surface area contributed by atoms with Crippen LogP contribution < -0.4 is 16.4 Å². The molecule has 0 saturated carbocycles. The summed E-state index contributed by atoms with van der Waals surface area (Å²) in [5, 5.41) is 0. The summed E-state index contributed by atoms with van der Waals surface area (Å²) in [6.07, 6.45) is 2.03. The van der Waals surface area contributed by atoms with E-state index in [1.807, 2.05) is 25.3 Å². The van der Waals surface area contributed by atoms with Crippen molar-refractivity contribution in [2.75, 3.05) is 43.9 Å². The molecule has 0 bridgehead atoms. The molecule has 0 amide bonds. The Bertz CT molecular complexity index is 655. The maximum atomic E-state index is 5.93. The summed E-state index contributed by atoms with van der Waals surface area (Å²) in [7, 11) is 2.15. The monoisotopic (exact) mass is 300 g/mol. The van der Waals surface area contributed by atoms with E-state index in [-0.39, 0.29) is 0 Å². The number of anilines is 2. The molecule has 1 aromatic carbocycles. The highest BCUT2D eigenvalue weighted by Gasteiger charge is 2.20. The molecule has 0 unspecified atom stereocenters. The molecule has 6 nitrogen and oxygen atoms in total. The Morgan fingerprint density at radius 3 is 2.55 bits per heavy atom. The number of rotatable bonds is 3. The lowest BCUT2D eigenvalue weighted by molar-refractivity contribution is 0.311. The van der Waals surface area contributed by atoms with Gasteiger partial charge in [0.05, 0.1) is 5.69 Å². The zero-order valence-electron chi connectivity index (χ0n) is 13.3. The number of nitrogens with zero attached hydrogens (tertiary/aromatic N) is 4. The number of aromatic nitrogens is 2. The number of hydrogen-bond acceptors (Lipinski definition) is 5. The van der Waals surface area contributed by atoms with E-state index in [2.05, 4.69) is 27.5 Å². The Hall–Kier alpha value is -2.05. The number of imidazole rings is 1. The van der Waals surface area contributed by atoms with Gasteiger partial charge in [-0.1, -0.05) is 0 Å². The highest BCUT2D eigenvalue weighted by molar-refractivity contribution is 5.54. The van der Waals surface area contributed by atoms with Crippen molar-refractivity contribution in [2.45, 2.75) is 13.5 Å². The molecule has 118 valence electrons. The van der Waals surface area contributed by atoms with Gasteiger partial charge in [0.15, 0.2) is 0 Å². The molecule has 4 N–H and O–H groups in total. The maximum Gasteiger partial charge on any atom is 0.210 e. The Balaban J connectivity index is 1.99. The second kappa shape index (κ2) is 5.98. The van der Waals surface area contributed by atoms with Crippen LogP contribution in [0.25, 0.3) is 5.69 Å². The normalized spacial score (nSPS) is 16.2. The van der Waals surface area contributed by atoms with Gasteiger partial charge >= 0.3 is 0 Å². The zero-order chi connectivity index (χ0) is 15.7. The van der Waals surface area contributed by atoms with Crippen molar-refractivity contribution in [1.29, 1.82) is 0 Å². The van der Waals surface area contributed by atoms with E-state index >= 15 is 0 Å². The molecule has 2 aromatic rings. The van der Waals surface area contributed by atoms with E-state index in [1.165, 1.54) is 0 Å². The summed E-state index contributed by atoms with van der Waals surface area (Å²) in [6, 6.07) is 6.07. The molecule has 1 aliphatic heterocycles. The van der Waals surface area contributed by atoms with Crippen LogP contribution in [0, 0.1) is 6.92 Å². The quantitative estimate of drug-likeness (QED) is 0.826. The van der Waals surface area contributed by atoms with E-state index in [1.54, 1.807) is 0 Å². The number of nitrogens with two attached hydrogens (primary N) is 2. The predicted octanol–water partition coefficient (Wildman–Crippen LogP) is 0.973. The Morgan fingerprint density at radius 2 is 1.91 bits per heavy atom. The summed E-state index contributed by atoms with van der Waals surface area (Å²) >= 11 is 0. The first-order valence-electron chi connectivity index (χ1n) is 7.67. The topological polar surface area (TPSA) is 76.3 Å². The summed E-state index contributed by atoms with van der Waals surface area (Å²) in [5.74, 6) is 0.970. The van der Waals surface area contributed by atoms with Crippen LogP contribution in [0.15, 0.2) is 24.4 Å². The van der Waals surface area contributed by atoms with Gasteiger partial charge in [-0.25, -0.2) is 4.98 Å². The van der Waals surface area contributed by atoms with Crippen molar-refractivity contribution in [2.24, 2.45) is 5.73 Å². The minimum Gasteiger partial charge on any atom is -0.399 e. The van der Waals surface area contributed by atoms with Crippen LogP contribution in [0.2, 0.25) is 0 Å². The van der Waals surface area contributed by atoms with Crippen LogP contribution in [0.3, 0.4) is 0 Å². The predicted molar refractivity (Wildman–Crippen MR) is 90.3 cm³/mol. The van der Waals surface area contributed by atoms with E-state index < -0.39 is 0 Å². The molecule has 1 saturated heterocycles. The molecule has 22 heavy (non-hydrogen) atoms. The summed E-state index contributed by atoms with van der Waals surface area (Å²) in [4.78, 5) is 9.38. The fourth-order valence-corrected chi connectivity index (χ4v) is 2.75. The Labute approximate surface area is 131 Å². The van der Waals surface area contributed by atoms with Gasteiger partial charge in [0.25, 0.3) is 0 Å². The summed E-state index contributed by atoms with van der Waals surface area (Å²) in [6.45, 7) is 6.52. The third kappa shape index (κ3) is 2.80. The lowest BCUT2D eigenvalue weighted by Gasteiger charge is -2.33. The molecular weight excluding hydrogens is 276 g/mol. The molecule has 0 atom stereocenters. The van der Waals surface area contributed by atoms with Crippen LogP contribution in [0.4, 0.5) is 11.6 Å². The number of likely N-dealkylation sites (N-methyl/N-ethyl adjacent to an activating group) is 1. The van der Waals surface area contributed by atoms with Gasteiger partial charge in [0.1, 0.15) is 0 Å². The standard InChI is InChI=1S/C16H24N6/c1-12-9-14(3-4-15(12)18)22-11-13(10-17)19-16(22)21-7-5-20(2)6-8-21/h3-4,9,11H,5-8,10,17-18H2,1-2H3. The molecular formula is C16H24N6. The molecule has 1 fully saturated rings. The van der Waals surface area contributed by atoms with Crippen molar-refractivity contribution in [3.05, 3.63) is 35.7 Å². The maximum absolute atomic E-state index is 5.93. The van der Waals surface area contributed by atoms with Crippen molar-refractivity contribution >= 4 is 11.6 Å². The summed E-state index contributed by atoms with van der Waals surface area (Å²) < 4.78 is 2.12. The van der Waals surface area contributed by atoms with Crippen LogP contribution in [-0.2, 0) is 6.54 Å². The number of piperazine rings is 1. The van der Waals surface area contributed by atoms with Crippen LogP contribution in [0.1, 0.15) is 11.3 Å². The second-order valence-corrected chi connectivity index (χ2v) is 5.94. The third-order valence-electron chi connectivity index (χ3n) is 4.26. The molecule has 1 aliphatic rings. The zero-order valence-corrected chi connectivity index (χ0v) is 13.3. The van der Waals surface area contributed by atoms with Crippen molar-refractivity contribution < 1.29 is 0 Å². The van der Waals surface area contributed by atoms with Crippen molar-refractivity contribution in [3.8, 4) is 5.69 Å². The number of hydrogen-bond donors (Lipinski definition) is 2. The molecule has 0 spiro atoms. The van der Waals surface area contributed by atoms with E-state index in [0.29, 0.717) is 6.54 Å². The number of nitrogen functional groups attached to an aromatic ring is 1. The Kier molecular flexibility index (Phi) is 4.04. The van der Waals surface area contributed by atoms with E-state index in [9.17, 15) is 0 Å². The van der Waals surface area contributed by atoms with Crippen LogP contribution in [-0.4, -0.2) is 47.7 Å². The fourth-order valence-electron chi connectivity index (χ4n) is 2.75. The van der Waals surface area contributed by atoms with Gasteiger partial charge in [-0.15, -0.1) is 0 Å². The molecule has 0 radical (unpaired) electrons. The first-order valence-corrected chi connectivity index (χ1v) is 7.67. The number of aryl methyl sites for hydroxylation is 1. The minimum absolute atomic E-state index is 0.446. The van der Waals surface area contributed by atoms with Crippen LogP contribution >= 0.6 is 0 Å². The smallest absolute Gasteiger partial charge is 0.210 e. The summed E-state index contributed by atoms with van der Waals surface area (Å²) in [5.41, 5.74) is 15.6. The second-order valence-electron chi connectivity index (χ2n) is 5.94. The lowest BCUT2D eigenvalue weighted by Crippen LogP contribution is -2.45. The first-order chi connectivity index (χ1) is 10.6. The largest absolute Gasteiger partial charge is 0.399 e. The number of benzene rings is 1. The fraction of sp³-hybridized carbons (Fsp3) is 0.438. The molecule has 3 rings (SSSR count). The Morgan fingerprint density at radius 1 is 1.18 bits per heavy atom. The van der Waals surface area contributed by atoms with Gasteiger partial charge in [0.2, 0.25) is 5.95 Å². The molecule has 1 aromatic heterocycles. The average Bonchev–Trinajstić information content (AvgIpc) is 2.95. The lowest BCUT2D eigenvalue weighted by atomic mass is 10.2. The van der Waals surface area contributed by atoms with E-state index in [0.717, 1.165) is 54.8 Å².